The number of rotatable bonds is 5. The molecule has 5 heteroatoms. The Kier molecular flexibility index (Phi) is 5.52. The number of carbonyl (C=O) groups excluding carboxylic acids is 1. The normalized spacial score (nSPS) is 11.1. The van der Waals surface area contributed by atoms with E-state index in [1.54, 1.807) is 31.2 Å². The lowest BCUT2D eigenvalue weighted by Gasteiger charge is -2.07. The number of ether oxygens (including phenoxy) is 1. The van der Waals surface area contributed by atoms with Gasteiger partial charge >= 0.3 is 0 Å². The Morgan fingerprint density at radius 2 is 1.56 bits per heavy atom. The van der Waals surface area contributed by atoms with Crippen LogP contribution in [0, 0.1) is 0 Å². The van der Waals surface area contributed by atoms with Crippen molar-refractivity contribution in [3.05, 3.63) is 83.9 Å². The molecule has 0 unspecified atom stereocenters. The summed E-state index contributed by atoms with van der Waals surface area (Å²) in [6, 6.07) is 22.2. The van der Waals surface area contributed by atoms with Crippen LogP contribution < -0.4 is 10.2 Å². The highest BCUT2D eigenvalue weighted by Crippen LogP contribution is 2.26. The van der Waals surface area contributed by atoms with E-state index in [1.807, 2.05) is 42.5 Å². The van der Waals surface area contributed by atoms with Crippen LogP contribution in [0.15, 0.2) is 77.9 Å². The fraction of sp³-hybridized carbons (Fsp3) is 0.0909. The maximum absolute atomic E-state index is 12.3. The van der Waals surface area contributed by atoms with Crippen molar-refractivity contribution in [2.75, 3.05) is 7.11 Å². The molecule has 0 spiro atoms. The molecule has 0 fully saturated rings. The van der Waals surface area contributed by atoms with Crippen molar-refractivity contribution in [2.24, 2.45) is 5.10 Å². The van der Waals surface area contributed by atoms with E-state index in [0.717, 1.165) is 16.7 Å². The molecule has 2 N–H and O–H groups in total. The smallest absolute Gasteiger partial charge is 0.271 e. The van der Waals surface area contributed by atoms with Crippen molar-refractivity contribution in [1.82, 2.24) is 5.43 Å². The standard InChI is InChI=1S/C22H20N2O3/c1-15(19-12-13-20(25)21(14-19)27-2)23-24-22(26)18-10-8-17(9-11-18)16-6-4-3-5-7-16/h3-14,25H,1-2H3,(H,24,26)/b23-15+. The molecular formula is C22H20N2O3. The molecule has 1 amide bonds. The highest BCUT2D eigenvalue weighted by Gasteiger charge is 2.08. The van der Waals surface area contributed by atoms with Gasteiger partial charge < -0.3 is 9.84 Å². The molecule has 0 aliphatic rings. The lowest BCUT2D eigenvalue weighted by molar-refractivity contribution is 0.0955. The monoisotopic (exact) mass is 360 g/mol. The predicted octanol–water partition coefficient (Wildman–Crippen LogP) is 4.22. The first-order valence-corrected chi connectivity index (χ1v) is 8.46. The van der Waals surface area contributed by atoms with Crippen molar-refractivity contribution < 1.29 is 14.6 Å². The first-order valence-electron chi connectivity index (χ1n) is 8.46. The number of phenols is 1. The Morgan fingerprint density at radius 3 is 2.22 bits per heavy atom. The maximum Gasteiger partial charge on any atom is 0.271 e. The number of methoxy groups -OCH3 is 1. The molecule has 0 aliphatic carbocycles. The quantitative estimate of drug-likeness (QED) is 0.529. The van der Waals surface area contributed by atoms with E-state index in [-0.39, 0.29) is 11.7 Å². The first kappa shape index (κ1) is 18.2. The summed E-state index contributed by atoms with van der Waals surface area (Å²) in [7, 11) is 1.48. The molecule has 0 aromatic heterocycles. The SMILES string of the molecule is COc1cc(/C(C)=N/NC(=O)c2ccc(-c3ccccc3)cc2)ccc1O. The Hall–Kier alpha value is -3.60. The summed E-state index contributed by atoms with van der Waals surface area (Å²) in [5.74, 6) is 0.112. The van der Waals surface area contributed by atoms with Crippen molar-refractivity contribution in [2.45, 2.75) is 6.92 Å². The van der Waals surface area contributed by atoms with Gasteiger partial charge in [0, 0.05) is 11.1 Å². The van der Waals surface area contributed by atoms with Crippen LogP contribution in [0.4, 0.5) is 0 Å². The predicted molar refractivity (Wildman–Crippen MR) is 106 cm³/mol. The van der Waals surface area contributed by atoms with Crippen LogP contribution in [0.3, 0.4) is 0 Å². The zero-order valence-electron chi connectivity index (χ0n) is 15.1. The van der Waals surface area contributed by atoms with E-state index in [2.05, 4.69) is 10.5 Å². The second-order valence-corrected chi connectivity index (χ2v) is 5.97. The average molecular weight is 360 g/mol. The maximum atomic E-state index is 12.3. The largest absolute Gasteiger partial charge is 0.504 e. The fourth-order valence-corrected chi connectivity index (χ4v) is 2.61. The van der Waals surface area contributed by atoms with Crippen LogP contribution >= 0.6 is 0 Å². The number of hydrogen-bond acceptors (Lipinski definition) is 4. The molecule has 3 aromatic rings. The van der Waals surface area contributed by atoms with Gasteiger partial charge in [-0.1, -0.05) is 42.5 Å². The molecule has 3 aromatic carbocycles. The van der Waals surface area contributed by atoms with Gasteiger partial charge in [-0.2, -0.15) is 5.10 Å². The fourth-order valence-electron chi connectivity index (χ4n) is 2.61. The van der Waals surface area contributed by atoms with Gasteiger partial charge in [-0.25, -0.2) is 5.43 Å². The summed E-state index contributed by atoms with van der Waals surface area (Å²) in [5.41, 5.74) is 6.56. The number of benzene rings is 3. The van der Waals surface area contributed by atoms with Gasteiger partial charge in [-0.05, 0) is 48.4 Å². The number of hydrazone groups is 1. The summed E-state index contributed by atoms with van der Waals surface area (Å²) >= 11 is 0. The Morgan fingerprint density at radius 1 is 0.926 bits per heavy atom. The Labute approximate surface area is 157 Å². The Balaban J connectivity index is 1.70. The molecule has 136 valence electrons. The molecule has 0 atom stereocenters. The lowest BCUT2D eigenvalue weighted by atomic mass is 10.0. The second kappa shape index (κ2) is 8.19. The molecule has 0 radical (unpaired) electrons. The number of hydrogen-bond donors (Lipinski definition) is 2. The van der Waals surface area contributed by atoms with Crippen molar-refractivity contribution in [1.29, 1.82) is 0 Å². The third kappa shape index (κ3) is 4.33. The van der Waals surface area contributed by atoms with Gasteiger partial charge in [-0.3, -0.25) is 4.79 Å². The minimum Gasteiger partial charge on any atom is -0.504 e. The van der Waals surface area contributed by atoms with Crippen LogP contribution in [0.2, 0.25) is 0 Å². The van der Waals surface area contributed by atoms with Gasteiger partial charge in [0.25, 0.3) is 5.91 Å². The summed E-state index contributed by atoms with van der Waals surface area (Å²) in [5, 5.41) is 13.8. The minimum atomic E-state index is -0.292. The number of amides is 1. The number of nitrogens with one attached hydrogen (secondary N) is 1. The van der Waals surface area contributed by atoms with Crippen LogP contribution in [0.1, 0.15) is 22.8 Å². The molecule has 3 rings (SSSR count). The van der Waals surface area contributed by atoms with Gasteiger partial charge in [0.1, 0.15) is 0 Å². The summed E-state index contributed by atoms with van der Waals surface area (Å²) in [6.45, 7) is 1.77. The highest BCUT2D eigenvalue weighted by atomic mass is 16.5. The molecule has 0 bridgehead atoms. The third-order valence-electron chi connectivity index (χ3n) is 4.18. The van der Waals surface area contributed by atoms with E-state index in [9.17, 15) is 9.90 Å². The molecule has 27 heavy (non-hydrogen) atoms. The number of aromatic hydroxyl groups is 1. The first-order chi connectivity index (χ1) is 13.1. The summed E-state index contributed by atoms with van der Waals surface area (Å²) in [6.07, 6.45) is 0. The van der Waals surface area contributed by atoms with Gasteiger partial charge in [0.15, 0.2) is 11.5 Å². The van der Waals surface area contributed by atoms with Crippen LogP contribution in [-0.4, -0.2) is 23.8 Å². The van der Waals surface area contributed by atoms with Crippen LogP contribution in [0.5, 0.6) is 11.5 Å². The zero-order valence-corrected chi connectivity index (χ0v) is 15.1. The molecule has 5 nitrogen and oxygen atoms in total. The van der Waals surface area contributed by atoms with Gasteiger partial charge in [0.05, 0.1) is 12.8 Å². The topological polar surface area (TPSA) is 70.9 Å². The summed E-state index contributed by atoms with van der Waals surface area (Å²) in [4.78, 5) is 12.3. The molecule has 0 heterocycles. The lowest BCUT2D eigenvalue weighted by Crippen LogP contribution is -2.19. The second-order valence-electron chi connectivity index (χ2n) is 5.97. The van der Waals surface area contributed by atoms with E-state index < -0.39 is 0 Å². The molecule has 0 aliphatic heterocycles. The van der Waals surface area contributed by atoms with E-state index in [0.29, 0.717) is 17.0 Å². The van der Waals surface area contributed by atoms with E-state index >= 15 is 0 Å². The molecule has 0 saturated carbocycles. The van der Waals surface area contributed by atoms with Gasteiger partial charge in [-0.15, -0.1) is 0 Å². The van der Waals surface area contributed by atoms with E-state index in [4.69, 9.17) is 4.74 Å². The van der Waals surface area contributed by atoms with Gasteiger partial charge in [0.2, 0.25) is 0 Å². The highest BCUT2D eigenvalue weighted by molar-refractivity contribution is 6.01. The van der Waals surface area contributed by atoms with E-state index in [1.165, 1.54) is 13.2 Å². The van der Waals surface area contributed by atoms with Crippen molar-refractivity contribution in [3.8, 4) is 22.6 Å². The number of carbonyl (C=O) groups is 1. The number of phenolic OH excluding ortho intramolecular Hbond substituents is 1. The third-order valence-corrected chi connectivity index (χ3v) is 4.18. The van der Waals surface area contributed by atoms with Crippen LogP contribution in [-0.2, 0) is 0 Å². The van der Waals surface area contributed by atoms with Crippen LogP contribution in [0.25, 0.3) is 11.1 Å². The molecular weight excluding hydrogens is 340 g/mol. The minimum absolute atomic E-state index is 0.0524. The zero-order chi connectivity index (χ0) is 19.2. The molecule has 0 saturated heterocycles. The summed E-state index contributed by atoms with van der Waals surface area (Å²) < 4.78 is 5.09. The van der Waals surface area contributed by atoms with Crippen molar-refractivity contribution in [3.63, 3.8) is 0 Å². The Bertz CT molecular complexity index is 965. The number of nitrogens with zero attached hydrogens (tertiary/aromatic N) is 1. The average Bonchev–Trinajstić information content (AvgIpc) is 2.73. The van der Waals surface area contributed by atoms with Crippen molar-refractivity contribution >= 4 is 11.6 Å².